The smallest absolute Gasteiger partial charge is 0.269 e. The molecule has 136 valence electrons. The Labute approximate surface area is 157 Å². The topological polar surface area (TPSA) is 87.8 Å². The van der Waals surface area contributed by atoms with Crippen molar-refractivity contribution in [3.05, 3.63) is 99.6 Å². The molecule has 6 heteroatoms. The lowest BCUT2D eigenvalue weighted by molar-refractivity contribution is -0.384. The van der Waals surface area contributed by atoms with Crippen LogP contribution in [0.5, 0.6) is 5.75 Å². The Morgan fingerprint density at radius 3 is 2.33 bits per heavy atom. The van der Waals surface area contributed by atoms with E-state index in [4.69, 9.17) is 0 Å². The molecule has 0 fully saturated rings. The predicted octanol–water partition coefficient (Wildman–Crippen LogP) is 4.90. The number of benzene rings is 3. The number of anilines is 1. The highest BCUT2D eigenvalue weighted by atomic mass is 16.6. The highest BCUT2D eigenvalue weighted by Crippen LogP contribution is 2.31. The average molecular weight is 361 g/mol. The summed E-state index contributed by atoms with van der Waals surface area (Å²) >= 11 is 0. The van der Waals surface area contributed by atoms with Gasteiger partial charge in [-0.25, -0.2) is 0 Å². The van der Waals surface area contributed by atoms with Crippen molar-refractivity contribution in [3.63, 3.8) is 0 Å². The first-order chi connectivity index (χ1) is 13.0. The number of rotatable bonds is 6. The van der Waals surface area contributed by atoms with E-state index in [0.717, 1.165) is 22.4 Å². The van der Waals surface area contributed by atoms with Crippen molar-refractivity contribution in [2.24, 2.45) is 5.10 Å². The highest BCUT2D eigenvalue weighted by molar-refractivity contribution is 5.80. The minimum atomic E-state index is -0.434. The third kappa shape index (κ3) is 4.49. The molecule has 3 rings (SSSR count). The fourth-order valence-electron chi connectivity index (χ4n) is 2.74. The maximum atomic E-state index is 10.6. The summed E-state index contributed by atoms with van der Waals surface area (Å²) in [6, 6.07) is 21.3. The highest BCUT2D eigenvalue weighted by Gasteiger charge is 2.11. The number of hydrogen-bond donors (Lipinski definition) is 2. The zero-order valence-corrected chi connectivity index (χ0v) is 14.7. The molecular weight excluding hydrogens is 342 g/mol. The van der Waals surface area contributed by atoms with Gasteiger partial charge in [-0.2, -0.15) is 5.10 Å². The first kappa shape index (κ1) is 18.1. The lowest BCUT2D eigenvalue weighted by Gasteiger charge is -2.14. The molecule has 0 unspecified atom stereocenters. The number of para-hydroxylation sites is 1. The summed E-state index contributed by atoms with van der Waals surface area (Å²) in [7, 11) is 0. The van der Waals surface area contributed by atoms with E-state index in [1.165, 1.54) is 12.1 Å². The summed E-state index contributed by atoms with van der Waals surface area (Å²) in [6.07, 6.45) is 1.60. The van der Waals surface area contributed by atoms with Gasteiger partial charge in [-0.15, -0.1) is 0 Å². The normalized spacial score (nSPS) is 12.0. The molecule has 0 radical (unpaired) electrons. The van der Waals surface area contributed by atoms with E-state index in [2.05, 4.69) is 10.5 Å². The number of nitrogens with zero attached hydrogens (tertiary/aromatic N) is 2. The molecule has 0 saturated heterocycles. The van der Waals surface area contributed by atoms with Gasteiger partial charge in [0.2, 0.25) is 0 Å². The monoisotopic (exact) mass is 361 g/mol. The van der Waals surface area contributed by atoms with Gasteiger partial charge in [-0.05, 0) is 41.5 Å². The van der Waals surface area contributed by atoms with Crippen LogP contribution in [-0.2, 0) is 0 Å². The molecule has 0 aromatic heterocycles. The molecule has 0 aliphatic heterocycles. The molecule has 6 nitrogen and oxygen atoms in total. The zero-order chi connectivity index (χ0) is 19.2. The van der Waals surface area contributed by atoms with Crippen LogP contribution < -0.4 is 5.43 Å². The first-order valence-electron chi connectivity index (χ1n) is 8.46. The summed E-state index contributed by atoms with van der Waals surface area (Å²) in [4.78, 5) is 10.2. The second-order valence-corrected chi connectivity index (χ2v) is 6.12. The molecule has 0 spiro atoms. The van der Waals surface area contributed by atoms with E-state index >= 15 is 0 Å². The maximum Gasteiger partial charge on any atom is 0.269 e. The van der Waals surface area contributed by atoms with Crippen LogP contribution in [0.2, 0.25) is 0 Å². The maximum absolute atomic E-state index is 10.6. The van der Waals surface area contributed by atoms with Gasteiger partial charge in [-0.1, -0.05) is 37.3 Å². The van der Waals surface area contributed by atoms with Crippen molar-refractivity contribution in [3.8, 4) is 5.75 Å². The summed E-state index contributed by atoms with van der Waals surface area (Å²) in [5.74, 6) is 0.365. The molecule has 0 bridgehead atoms. The molecule has 0 aliphatic carbocycles. The number of phenolic OH excluding ortho intramolecular Hbond substituents is 1. The van der Waals surface area contributed by atoms with Gasteiger partial charge >= 0.3 is 0 Å². The number of non-ortho nitro benzene ring substituents is 1. The predicted molar refractivity (Wildman–Crippen MR) is 106 cm³/mol. The third-order valence-corrected chi connectivity index (χ3v) is 4.33. The second-order valence-electron chi connectivity index (χ2n) is 6.12. The molecule has 3 aromatic rings. The summed E-state index contributed by atoms with van der Waals surface area (Å²) in [5.41, 5.74) is 6.54. The number of phenols is 1. The summed E-state index contributed by atoms with van der Waals surface area (Å²) < 4.78 is 0. The SMILES string of the molecule is C[C@H](c1ccc(N/N=C/c2ccc([N+](=O)[O-])cc2)cc1)c1ccccc1O. The number of nitro groups is 1. The minimum Gasteiger partial charge on any atom is -0.508 e. The fourth-order valence-corrected chi connectivity index (χ4v) is 2.74. The molecule has 0 saturated carbocycles. The quantitative estimate of drug-likeness (QED) is 0.371. The van der Waals surface area contributed by atoms with Gasteiger partial charge in [0, 0.05) is 23.6 Å². The van der Waals surface area contributed by atoms with Crippen LogP contribution in [0, 0.1) is 10.1 Å². The molecule has 0 aliphatic rings. The Morgan fingerprint density at radius 1 is 1.04 bits per heavy atom. The van der Waals surface area contributed by atoms with Gasteiger partial charge in [0.1, 0.15) is 5.75 Å². The zero-order valence-electron chi connectivity index (χ0n) is 14.7. The number of hydrazone groups is 1. The van der Waals surface area contributed by atoms with Gasteiger partial charge in [0.15, 0.2) is 0 Å². The lowest BCUT2D eigenvalue weighted by atomic mass is 9.92. The van der Waals surface area contributed by atoms with Gasteiger partial charge in [-0.3, -0.25) is 15.5 Å². The number of nitrogens with one attached hydrogen (secondary N) is 1. The lowest BCUT2D eigenvalue weighted by Crippen LogP contribution is -1.97. The van der Waals surface area contributed by atoms with Crippen LogP contribution in [0.3, 0.4) is 0 Å². The van der Waals surface area contributed by atoms with Crippen molar-refractivity contribution < 1.29 is 10.0 Å². The number of aromatic hydroxyl groups is 1. The largest absolute Gasteiger partial charge is 0.508 e. The van der Waals surface area contributed by atoms with E-state index < -0.39 is 4.92 Å². The molecular formula is C21H19N3O3. The number of hydrogen-bond acceptors (Lipinski definition) is 5. The van der Waals surface area contributed by atoms with Crippen molar-refractivity contribution in [2.75, 3.05) is 5.43 Å². The summed E-state index contributed by atoms with van der Waals surface area (Å²) in [5, 5.41) is 24.8. The van der Waals surface area contributed by atoms with E-state index in [1.807, 2.05) is 49.4 Å². The van der Waals surface area contributed by atoms with Gasteiger partial charge in [0.25, 0.3) is 5.69 Å². The average Bonchev–Trinajstić information content (AvgIpc) is 2.69. The number of nitro benzene ring substituents is 1. The standard InChI is InChI=1S/C21H19N3O3/c1-15(20-4-2-3-5-21(20)25)17-8-10-18(11-9-17)23-22-14-16-6-12-19(13-7-16)24(26)27/h2-15,23,25H,1H3/b22-14+/t15-/m1/s1. The Morgan fingerprint density at radius 2 is 1.70 bits per heavy atom. The van der Waals surface area contributed by atoms with E-state index in [0.29, 0.717) is 5.75 Å². The van der Waals surface area contributed by atoms with E-state index in [1.54, 1.807) is 24.4 Å². The second kappa shape index (κ2) is 8.14. The van der Waals surface area contributed by atoms with Crippen LogP contribution in [0.4, 0.5) is 11.4 Å². The van der Waals surface area contributed by atoms with E-state index in [-0.39, 0.29) is 11.6 Å². The molecule has 0 amide bonds. The first-order valence-corrected chi connectivity index (χ1v) is 8.46. The van der Waals surface area contributed by atoms with Crippen LogP contribution in [-0.4, -0.2) is 16.2 Å². The Kier molecular flexibility index (Phi) is 5.47. The third-order valence-electron chi connectivity index (χ3n) is 4.33. The molecule has 2 N–H and O–H groups in total. The van der Waals surface area contributed by atoms with Crippen LogP contribution in [0.25, 0.3) is 0 Å². The summed E-state index contributed by atoms with van der Waals surface area (Å²) in [6.45, 7) is 2.05. The molecule has 1 atom stereocenters. The van der Waals surface area contributed by atoms with Crippen molar-refractivity contribution >= 4 is 17.6 Å². The van der Waals surface area contributed by atoms with Gasteiger partial charge in [0.05, 0.1) is 16.8 Å². The van der Waals surface area contributed by atoms with Crippen LogP contribution >= 0.6 is 0 Å². The Balaban J connectivity index is 1.64. The van der Waals surface area contributed by atoms with Crippen molar-refractivity contribution in [1.82, 2.24) is 0 Å². The van der Waals surface area contributed by atoms with Crippen molar-refractivity contribution in [1.29, 1.82) is 0 Å². The fraction of sp³-hybridized carbons (Fsp3) is 0.0952. The van der Waals surface area contributed by atoms with Crippen LogP contribution in [0.1, 0.15) is 29.5 Å². The Bertz CT molecular complexity index is 951. The molecule has 27 heavy (non-hydrogen) atoms. The van der Waals surface area contributed by atoms with Crippen molar-refractivity contribution in [2.45, 2.75) is 12.8 Å². The molecule has 0 heterocycles. The van der Waals surface area contributed by atoms with Gasteiger partial charge < -0.3 is 5.11 Å². The Hall–Kier alpha value is -3.67. The van der Waals surface area contributed by atoms with Crippen LogP contribution in [0.15, 0.2) is 77.9 Å². The van der Waals surface area contributed by atoms with E-state index in [9.17, 15) is 15.2 Å². The molecule has 3 aromatic carbocycles. The minimum absolute atomic E-state index is 0.0503.